The fourth-order valence-electron chi connectivity index (χ4n) is 1.27. The smallest absolute Gasteiger partial charge is 0.354 e. The summed E-state index contributed by atoms with van der Waals surface area (Å²) in [4.78, 5) is 14.5. The number of hydrogen-bond donors (Lipinski definition) is 2. The highest BCUT2D eigenvalue weighted by molar-refractivity contribution is 9.10. The summed E-state index contributed by atoms with van der Waals surface area (Å²) in [7, 11) is -3.78. The molecule has 0 aliphatic carbocycles. The van der Waals surface area contributed by atoms with E-state index in [1.165, 1.54) is 18.2 Å². The number of anilines is 1. The average molecular weight is 363 g/mol. The second-order valence-electron chi connectivity index (χ2n) is 3.37. The monoisotopic (exact) mass is 362 g/mol. The van der Waals surface area contributed by atoms with Gasteiger partial charge in [-0.15, -0.1) is 11.3 Å². The maximum Gasteiger partial charge on any atom is 0.354 e. The minimum atomic E-state index is -3.78. The number of pyridine rings is 1. The van der Waals surface area contributed by atoms with E-state index in [1.54, 1.807) is 11.4 Å². The second-order valence-corrected chi connectivity index (χ2v) is 7.02. The molecule has 0 atom stereocenters. The maximum absolute atomic E-state index is 12.0. The number of thiophene rings is 1. The van der Waals surface area contributed by atoms with Crippen molar-refractivity contribution in [1.82, 2.24) is 4.98 Å². The second kappa shape index (κ2) is 5.27. The van der Waals surface area contributed by atoms with Gasteiger partial charge >= 0.3 is 5.97 Å². The van der Waals surface area contributed by atoms with Crippen molar-refractivity contribution in [2.45, 2.75) is 4.21 Å². The van der Waals surface area contributed by atoms with Crippen molar-refractivity contribution in [2.75, 3.05) is 4.72 Å². The largest absolute Gasteiger partial charge is 0.477 e. The fraction of sp³-hybridized carbons (Fsp3) is 0. The number of nitrogens with zero attached hydrogens (tertiary/aromatic N) is 1. The summed E-state index contributed by atoms with van der Waals surface area (Å²) in [6.45, 7) is 0. The lowest BCUT2D eigenvalue weighted by Gasteiger charge is -2.06. The zero-order valence-electron chi connectivity index (χ0n) is 9.20. The van der Waals surface area contributed by atoms with Crippen molar-refractivity contribution in [3.8, 4) is 0 Å². The number of rotatable bonds is 4. The van der Waals surface area contributed by atoms with E-state index in [9.17, 15) is 13.2 Å². The zero-order chi connectivity index (χ0) is 14.0. The molecule has 0 aromatic carbocycles. The minimum Gasteiger partial charge on any atom is -0.477 e. The highest BCUT2D eigenvalue weighted by atomic mass is 79.9. The molecule has 0 saturated heterocycles. The summed E-state index contributed by atoms with van der Waals surface area (Å²) in [5.41, 5.74) is -0.231. The summed E-state index contributed by atoms with van der Waals surface area (Å²) in [6, 6.07) is 5.69. The van der Waals surface area contributed by atoms with E-state index in [2.05, 4.69) is 25.6 Å². The molecule has 0 bridgehead atoms. The van der Waals surface area contributed by atoms with Gasteiger partial charge in [0.05, 0.1) is 0 Å². The molecule has 2 heterocycles. The molecule has 2 aromatic rings. The van der Waals surface area contributed by atoms with Gasteiger partial charge in [0, 0.05) is 4.47 Å². The van der Waals surface area contributed by atoms with Crippen molar-refractivity contribution >= 4 is 49.1 Å². The minimum absolute atomic E-state index is 0.0415. The van der Waals surface area contributed by atoms with Crippen LogP contribution in [0.5, 0.6) is 0 Å². The van der Waals surface area contributed by atoms with Gasteiger partial charge in [0.25, 0.3) is 10.0 Å². The van der Waals surface area contributed by atoms with Crippen LogP contribution in [0.2, 0.25) is 0 Å². The van der Waals surface area contributed by atoms with Crippen molar-refractivity contribution in [1.29, 1.82) is 0 Å². The topological polar surface area (TPSA) is 96.4 Å². The number of halogens is 1. The van der Waals surface area contributed by atoms with Crippen LogP contribution in [0.4, 0.5) is 5.82 Å². The first kappa shape index (κ1) is 14.0. The number of sulfonamides is 1. The van der Waals surface area contributed by atoms with E-state index in [4.69, 9.17) is 5.11 Å². The standard InChI is InChI=1S/C10H7BrN2O4S2/c11-6-4-5-18-10(6)19(16,17)13-8-3-1-2-7(12-8)9(14)15/h1-5H,(H,12,13)(H,14,15). The third-order valence-electron chi connectivity index (χ3n) is 2.04. The molecule has 0 spiro atoms. The van der Waals surface area contributed by atoms with Gasteiger partial charge in [0.15, 0.2) is 9.90 Å². The molecule has 2 N–H and O–H groups in total. The van der Waals surface area contributed by atoms with Gasteiger partial charge in [-0.1, -0.05) is 6.07 Å². The van der Waals surface area contributed by atoms with Crippen LogP contribution in [0.15, 0.2) is 38.3 Å². The van der Waals surface area contributed by atoms with E-state index < -0.39 is 16.0 Å². The SMILES string of the molecule is O=C(O)c1cccc(NS(=O)(=O)c2sccc2Br)n1. The van der Waals surface area contributed by atoms with E-state index in [1.807, 2.05) is 0 Å². The normalized spacial score (nSPS) is 11.2. The lowest BCUT2D eigenvalue weighted by molar-refractivity contribution is 0.0690. The third kappa shape index (κ3) is 3.11. The number of carbonyl (C=O) groups is 1. The predicted octanol–water partition coefficient (Wildman–Crippen LogP) is 2.40. The molecule has 6 nitrogen and oxygen atoms in total. The molecule has 0 aliphatic rings. The third-order valence-corrected chi connectivity index (χ3v) is 6.06. The number of aromatic carboxylic acids is 1. The summed E-state index contributed by atoms with van der Waals surface area (Å²) >= 11 is 4.17. The Morgan fingerprint density at radius 2 is 2.11 bits per heavy atom. The number of nitrogens with one attached hydrogen (secondary N) is 1. The molecule has 0 amide bonds. The molecule has 0 saturated carbocycles. The van der Waals surface area contributed by atoms with E-state index in [0.717, 1.165) is 11.3 Å². The molecule has 0 aliphatic heterocycles. The molecule has 0 fully saturated rings. The van der Waals surface area contributed by atoms with Gasteiger partial charge in [0.1, 0.15) is 5.82 Å². The predicted molar refractivity (Wildman–Crippen MR) is 74.0 cm³/mol. The number of carboxylic acids is 1. The van der Waals surface area contributed by atoms with Crippen LogP contribution < -0.4 is 4.72 Å². The average Bonchev–Trinajstić information content (AvgIpc) is 2.76. The van der Waals surface area contributed by atoms with Crippen LogP contribution in [0.25, 0.3) is 0 Å². The van der Waals surface area contributed by atoms with Crippen LogP contribution in [-0.4, -0.2) is 24.5 Å². The molecule has 100 valence electrons. The first-order valence-corrected chi connectivity index (χ1v) is 8.02. The Balaban J connectivity index is 2.34. The highest BCUT2D eigenvalue weighted by Gasteiger charge is 2.20. The Morgan fingerprint density at radius 1 is 1.37 bits per heavy atom. The Bertz CT molecular complexity index is 727. The van der Waals surface area contributed by atoms with Gasteiger partial charge in [0.2, 0.25) is 0 Å². The summed E-state index contributed by atoms with van der Waals surface area (Å²) < 4.78 is 26.9. The number of carboxylic acid groups (broad SMARTS) is 1. The van der Waals surface area contributed by atoms with Crippen LogP contribution in [0.1, 0.15) is 10.5 Å². The van der Waals surface area contributed by atoms with Crippen LogP contribution in [0, 0.1) is 0 Å². The quantitative estimate of drug-likeness (QED) is 0.870. The Hall–Kier alpha value is -1.45. The van der Waals surface area contributed by atoms with E-state index >= 15 is 0 Å². The molecule has 19 heavy (non-hydrogen) atoms. The number of aromatic nitrogens is 1. The van der Waals surface area contributed by atoms with E-state index in [0.29, 0.717) is 4.47 Å². The van der Waals surface area contributed by atoms with Crippen LogP contribution in [-0.2, 0) is 10.0 Å². The molecular weight excluding hydrogens is 356 g/mol. The van der Waals surface area contributed by atoms with Crippen molar-refractivity contribution in [2.24, 2.45) is 0 Å². The Kier molecular flexibility index (Phi) is 3.88. The van der Waals surface area contributed by atoms with Crippen molar-refractivity contribution < 1.29 is 18.3 Å². The van der Waals surface area contributed by atoms with Gasteiger partial charge in [-0.05, 0) is 39.5 Å². The first-order chi connectivity index (χ1) is 8.90. The van der Waals surface area contributed by atoms with Gasteiger partial charge < -0.3 is 5.11 Å². The van der Waals surface area contributed by atoms with Gasteiger partial charge in [-0.3, -0.25) is 4.72 Å². The molecule has 0 unspecified atom stereocenters. The van der Waals surface area contributed by atoms with Gasteiger partial charge in [-0.2, -0.15) is 0 Å². The van der Waals surface area contributed by atoms with Crippen molar-refractivity contribution in [3.63, 3.8) is 0 Å². The molecular formula is C10H7BrN2O4S2. The lowest BCUT2D eigenvalue weighted by Crippen LogP contribution is -2.14. The maximum atomic E-state index is 12.0. The van der Waals surface area contributed by atoms with Gasteiger partial charge in [-0.25, -0.2) is 18.2 Å². The summed E-state index contributed by atoms with van der Waals surface area (Å²) in [5, 5.41) is 10.4. The summed E-state index contributed by atoms with van der Waals surface area (Å²) in [6.07, 6.45) is 0. The Morgan fingerprint density at radius 3 is 2.68 bits per heavy atom. The van der Waals surface area contributed by atoms with Crippen molar-refractivity contribution in [3.05, 3.63) is 39.8 Å². The highest BCUT2D eigenvalue weighted by Crippen LogP contribution is 2.28. The zero-order valence-corrected chi connectivity index (χ0v) is 12.4. The molecule has 2 aromatic heterocycles. The van der Waals surface area contributed by atoms with Crippen LogP contribution >= 0.6 is 27.3 Å². The molecule has 0 radical (unpaired) electrons. The molecule has 2 rings (SSSR count). The van der Waals surface area contributed by atoms with E-state index in [-0.39, 0.29) is 15.7 Å². The summed E-state index contributed by atoms with van der Waals surface area (Å²) in [5.74, 6) is -1.27. The van der Waals surface area contributed by atoms with Crippen LogP contribution in [0.3, 0.4) is 0 Å². The molecule has 9 heteroatoms. The Labute approximate surface area is 121 Å². The fourth-order valence-corrected chi connectivity index (χ4v) is 4.61. The first-order valence-electron chi connectivity index (χ1n) is 4.86. The lowest BCUT2D eigenvalue weighted by atomic mass is 10.3. The number of hydrogen-bond acceptors (Lipinski definition) is 5.